The van der Waals surface area contributed by atoms with Crippen molar-refractivity contribution in [2.24, 2.45) is 0 Å². The summed E-state index contributed by atoms with van der Waals surface area (Å²) >= 11 is 0. The molecule has 0 bridgehead atoms. The van der Waals surface area contributed by atoms with Crippen LogP contribution in [0.15, 0.2) is 53.7 Å². The van der Waals surface area contributed by atoms with E-state index in [9.17, 15) is 14.4 Å². The number of anilines is 1. The molecule has 2 aromatic rings. The molecule has 0 aliphatic carbocycles. The van der Waals surface area contributed by atoms with Crippen LogP contribution in [0.1, 0.15) is 29.7 Å². The van der Waals surface area contributed by atoms with Crippen molar-refractivity contribution in [1.82, 2.24) is 15.1 Å². The van der Waals surface area contributed by atoms with Crippen LogP contribution in [0.3, 0.4) is 0 Å². The molecule has 33 heavy (non-hydrogen) atoms. The van der Waals surface area contributed by atoms with Crippen LogP contribution in [0, 0.1) is 13.8 Å². The smallest absolute Gasteiger partial charge is 0.322 e. The van der Waals surface area contributed by atoms with Gasteiger partial charge in [0.1, 0.15) is 11.8 Å². The molecule has 172 valence electrons. The third-order valence-corrected chi connectivity index (χ3v) is 6.46. The number of carbonyl (C=O) groups excluding carboxylic acids is 3. The number of hydrogen-bond donors (Lipinski definition) is 2. The first-order valence-electron chi connectivity index (χ1n) is 10.8. The Kier molecular flexibility index (Phi) is 5.84. The lowest BCUT2D eigenvalue weighted by atomic mass is 9.95. The summed E-state index contributed by atoms with van der Waals surface area (Å²) in [6.07, 6.45) is 0. The largest absolute Gasteiger partial charge is 0.496 e. The highest BCUT2D eigenvalue weighted by Gasteiger charge is 2.45. The Bertz CT molecular complexity index is 1170. The second-order valence-electron chi connectivity index (χ2n) is 8.44. The molecule has 2 atom stereocenters. The number of ether oxygens (including phenoxy) is 1. The average molecular weight is 449 g/mol. The van der Waals surface area contributed by atoms with Gasteiger partial charge >= 0.3 is 6.03 Å². The van der Waals surface area contributed by atoms with E-state index >= 15 is 0 Å². The topological polar surface area (TPSA) is 91.0 Å². The van der Waals surface area contributed by atoms with Crippen molar-refractivity contribution in [3.05, 3.63) is 70.4 Å². The number of para-hydroxylation sites is 1. The number of urea groups is 1. The Morgan fingerprint density at radius 1 is 1.15 bits per heavy atom. The molecule has 4 amide bonds. The maximum Gasteiger partial charge on any atom is 0.322 e. The van der Waals surface area contributed by atoms with E-state index in [1.54, 1.807) is 27.1 Å². The van der Waals surface area contributed by atoms with Gasteiger partial charge < -0.3 is 20.3 Å². The van der Waals surface area contributed by atoms with Gasteiger partial charge in [-0.25, -0.2) is 4.79 Å². The molecule has 2 aliphatic rings. The van der Waals surface area contributed by atoms with Gasteiger partial charge in [-0.15, -0.1) is 0 Å². The number of nitrogens with one attached hydrogen (secondary N) is 2. The first-order chi connectivity index (χ1) is 15.7. The molecule has 2 N–H and O–H groups in total. The van der Waals surface area contributed by atoms with E-state index in [1.165, 1.54) is 9.80 Å². The van der Waals surface area contributed by atoms with E-state index in [0.717, 1.165) is 11.1 Å². The number of hydrogen-bond acceptors (Lipinski definition) is 4. The molecule has 0 saturated carbocycles. The zero-order valence-corrected chi connectivity index (χ0v) is 19.4. The number of nitrogens with zero attached hydrogens (tertiary/aromatic N) is 2. The maximum absolute atomic E-state index is 13.5. The van der Waals surface area contributed by atoms with Gasteiger partial charge in [0, 0.05) is 18.3 Å². The van der Waals surface area contributed by atoms with E-state index in [4.69, 9.17) is 4.74 Å². The van der Waals surface area contributed by atoms with Gasteiger partial charge in [0.25, 0.3) is 5.91 Å². The van der Waals surface area contributed by atoms with Crippen molar-refractivity contribution in [1.29, 1.82) is 0 Å². The lowest BCUT2D eigenvalue weighted by molar-refractivity contribution is -0.133. The summed E-state index contributed by atoms with van der Waals surface area (Å²) in [6.45, 7) is 5.85. The Morgan fingerprint density at radius 2 is 1.88 bits per heavy atom. The standard InChI is InChI=1S/C25H28N4O4/c1-14-10-11-17(12-15(14)2)26-23(30)16(3)29-13-19-21(24(29)31)22(27-25(32)28(19)4)18-8-6-7-9-20(18)33-5/h6-12,16,22H,13H2,1-5H3,(H,26,30)(H,27,32)/t16-,22+/m1/s1. The molecule has 8 heteroatoms. The van der Waals surface area contributed by atoms with Crippen LogP contribution >= 0.6 is 0 Å². The summed E-state index contributed by atoms with van der Waals surface area (Å²) in [5, 5.41) is 5.80. The fourth-order valence-electron chi connectivity index (χ4n) is 4.25. The zero-order chi connectivity index (χ0) is 23.9. The van der Waals surface area contributed by atoms with Crippen molar-refractivity contribution in [2.45, 2.75) is 32.9 Å². The lowest BCUT2D eigenvalue weighted by Gasteiger charge is -2.31. The summed E-state index contributed by atoms with van der Waals surface area (Å²) in [5.74, 6) is 0.00343. The summed E-state index contributed by atoms with van der Waals surface area (Å²) in [7, 11) is 3.17. The first kappa shape index (κ1) is 22.4. The highest BCUT2D eigenvalue weighted by atomic mass is 16.5. The van der Waals surface area contributed by atoms with Crippen LogP contribution in [0.4, 0.5) is 10.5 Å². The lowest BCUT2D eigenvalue weighted by Crippen LogP contribution is -2.45. The molecule has 0 fully saturated rings. The van der Waals surface area contributed by atoms with Crippen molar-refractivity contribution >= 4 is 23.5 Å². The number of amides is 4. The molecule has 0 saturated heterocycles. The summed E-state index contributed by atoms with van der Waals surface area (Å²) in [4.78, 5) is 42.2. The van der Waals surface area contributed by atoms with Crippen LogP contribution in [0.25, 0.3) is 0 Å². The quantitative estimate of drug-likeness (QED) is 0.735. The highest BCUT2D eigenvalue weighted by Crippen LogP contribution is 2.39. The third-order valence-electron chi connectivity index (χ3n) is 6.46. The summed E-state index contributed by atoms with van der Waals surface area (Å²) in [5.41, 5.74) is 4.62. The third kappa shape index (κ3) is 3.92. The zero-order valence-electron chi connectivity index (χ0n) is 19.4. The van der Waals surface area contributed by atoms with E-state index in [1.807, 2.05) is 50.2 Å². The molecule has 0 radical (unpaired) electrons. The van der Waals surface area contributed by atoms with E-state index in [2.05, 4.69) is 10.6 Å². The number of methoxy groups -OCH3 is 1. The molecular weight excluding hydrogens is 420 g/mol. The number of rotatable bonds is 5. The minimum atomic E-state index is -0.730. The monoisotopic (exact) mass is 448 g/mol. The summed E-state index contributed by atoms with van der Waals surface area (Å²) < 4.78 is 5.46. The Balaban J connectivity index is 1.61. The van der Waals surface area contributed by atoms with Gasteiger partial charge in [0.05, 0.1) is 31.0 Å². The number of benzene rings is 2. The predicted molar refractivity (Wildman–Crippen MR) is 125 cm³/mol. The second kappa shape index (κ2) is 8.61. The second-order valence-corrected chi connectivity index (χ2v) is 8.44. The maximum atomic E-state index is 13.5. The average Bonchev–Trinajstić information content (AvgIpc) is 3.15. The SMILES string of the molecule is COc1ccccc1[C@@H]1NC(=O)N(C)C2=C1C(=O)N([C@H](C)C(=O)Nc1ccc(C)c(C)c1)C2. The molecule has 0 aromatic heterocycles. The molecule has 2 aliphatic heterocycles. The highest BCUT2D eigenvalue weighted by molar-refractivity contribution is 6.05. The fourth-order valence-corrected chi connectivity index (χ4v) is 4.25. The summed E-state index contributed by atoms with van der Waals surface area (Å²) in [6, 6.07) is 11.3. The Morgan fingerprint density at radius 3 is 2.58 bits per heavy atom. The molecule has 2 aromatic carbocycles. The van der Waals surface area contributed by atoms with Gasteiger partial charge in [-0.05, 0) is 50.1 Å². The van der Waals surface area contributed by atoms with Crippen LogP contribution in [0.5, 0.6) is 5.75 Å². The molecule has 8 nitrogen and oxygen atoms in total. The van der Waals surface area contributed by atoms with Crippen LogP contribution in [-0.2, 0) is 9.59 Å². The number of likely N-dealkylation sites (N-methyl/N-ethyl adjacent to an activating group) is 1. The van der Waals surface area contributed by atoms with Crippen LogP contribution in [-0.4, -0.2) is 54.4 Å². The normalized spacial score (nSPS) is 18.8. The van der Waals surface area contributed by atoms with Crippen molar-refractivity contribution in [3.8, 4) is 5.75 Å². The molecule has 2 heterocycles. The van der Waals surface area contributed by atoms with Gasteiger partial charge in [-0.2, -0.15) is 0 Å². The van der Waals surface area contributed by atoms with Gasteiger partial charge in [0.2, 0.25) is 5.91 Å². The van der Waals surface area contributed by atoms with Crippen LogP contribution in [0.2, 0.25) is 0 Å². The van der Waals surface area contributed by atoms with Gasteiger partial charge in [-0.3, -0.25) is 14.5 Å². The van der Waals surface area contributed by atoms with Gasteiger partial charge in [0.15, 0.2) is 0 Å². The Hall–Kier alpha value is -3.81. The minimum absolute atomic E-state index is 0.172. The van der Waals surface area contributed by atoms with E-state index in [0.29, 0.717) is 28.3 Å². The molecular formula is C25H28N4O4. The van der Waals surface area contributed by atoms with E-state index in [-0.39, 0.29) is 24.4 Å². The fraction of sp³-hybridized carbons (Fsp3) is 0.320. The molecule has 4 rings (SSSR count). The first-order valence-corrected chi connectivity index (χ1v) is 10.8. The van der Waals surface area contributed by atoms with Crippen LogP contribution < -0.4 is 15.4 Å². The molecule has 0 unspecified atom stereocenters. The predicted octanol–water partition coefficient (Wildman–Crippen LogP) is 3.13. The van der Waals surface area contributed by atoms with Crippen molar-refractivity contribution < 1.29 is 19.1 Å². The molecule has 0 spiro atoms. The van der Waals surface area contributed by atoms with Crippen molar-refractivity contribution in [3.63, 3.8) is 0 Å². The minimum Gasteiger partial charge on any atom is -0.496 e. The number of carbonyl (C=O) groups is 3. The van der Waals surface area contributed by atoms with E-state index < -0.39 is 12.1 Å². The Labute approximate surface area is 193 Å². The van der Waals surface area contributed by atoms with Crippen molar-refractivity contribution in [2.75, 3.05) is 26.0 Å². The van der Waals surface area contributed by atoms with Gasteiger partial charge in [-0.1, -0.05) is 24.3 Å². The number of aryl methyl sites for hydroxylation is 2.